The van der Waals surface area contributed by atoms with Crippen LogP contribution in [0.15, 0.2) is 0 Å². The van der Waals surface area contributed by atoms with Gasteiger partial charge in [0, 0.05) is 6.54 Å². The van der Waals surface area contributed by atoms with Crippen LogP contribution in [0.2, 0.25) is 0 Å². The van der Waals surface area contributed by atoms with Gasteiger partial charge in [0.05, 0.1) is 5.92 Å². The maximum absolute atomic E-state index is 11.6. The Bertz CT molecular complexity index is 224. The molecule has 0 aliphatic carbocycles. The van der Waals surface area contributed by atoms with E-state index in [1.165, 1.54) is 0 Å². The highest BCUT2D eigenvalue weighted by Gasteiger charge is 2.23. The molecule has 1 aliphatic rings. The molecule has 1 saturated heterocycles. The minimum Gasteiger partial charge on any atom is -0.368 e. The molecule has 5 nitrogen and oxygen atoms in total. The first-order chi connectivity index (χ1) is 6.61. The molecule has 0 spiro atoms. The fraction of sp³-hybridized carbons (Fsp3) is 0.778. The largest absolute Gasteiger partial charge is 0.368 e. The van der Waals surface area contributed by atoms with Gasteiger partial charge in [-0.15, -0.1) is 0 Å². The van der Waals surface area contributed by atoms with Crippen LogP contribution in [0.1, 0.15) is 19.8 Å². The molecule has 0 aromatic heterocycles. The van der Waals surface area contributed by atoms with E-state index in [1.807, 2.05) is 0 Å². The van der Waals surface area contributed by atoms with Crippen molar-refractivity contribution >= 4 is 11.8 Å². The number of nitrogens with two attached hydrogens (primary N) is 1. The lowest BCUT2D eigenvalue weighted by Gasteiger charge is -2.23. The van der Waals surface area contributed by atoms with E-state index < -0.39 is 11.9 Å². The summed E-state index contributed by atoms with van der Waals surface area (Å²) in [5.74, 6) is -0.601. The normalized spacial score (nSPS) is 23.9. The van der Waals surface area contributed by atoms with Gasteiger partial charge in [-0.3, -0.25) is 9.59 Å². The Morgan fingerprint density at radius 2 is 2.29 bits per heavy atom. The van der Waals surface area contributed by atoms with Gasteiger partial charge in [0.1, 0.15) is 6.04 Å². The van der Waals surface area contributed by atoms with Gasteiger partial charge in [0.25, 0.3) is 0 Å². The number of hydrogen-bond donors (Lipinski definition) is 3. The van der Waals surface area contributed by atoms with Gasteiger partial charge in [0.2, 0.25) is 11.8 Å². The molecule has 0 saturated carbocycles. The van der Waals surface area contributed by atoms with Crippen LogP contribution in [0.25, 0.3) is 0 Å². The molecule has 0 bridgehead atoms. The van der Waals surface area contributed by atoms with Crippen molar-refractivity contribution in [1.82, 2.24) is 10.6 Å². The van der Waals surface area contributed by atoms with Gasteiger partial charge in [-0.05, 0) is 26.3 Å². The van der Waals surface area contributed by atoms with E-state index in [0.29, 0.717) is 6.54 Å². The minimum atomic E-state index is -0.579. The number of primary amides is 1. The van der Waals surface area contributed by atoms with Crippen LogP contribution in [0, 0.1) is 5.92 Å². The number of rotatable bonds is 3. The molecule has 14 heavy (non-hydrogen) atoms. The van der Waals surface area contributed by atoms with Crippen LogP contribution in [-0.2, 0) is 9.59 Å². The van der Waals surface area contributed by atoms with E-state index in [0.717, 1.165) is 19.4 Å². The summed E-state index contributed by atoms with van der Waals surface area (Å²) in [6.45, 7) is 3.25. The Labute approximate surface area is 83.4 Å². The third-order valence-electron chi connectivity index (χ3n) is 2.45. The lowest BCUT2D eigenvalue weighted by atomic mass is 9.98. The molecule has 0 radical (unpaired) electrons. The van der Waals surface area contributed by atoms with Gasteiger partial charge in [-0.25, -0.2) is 0 Å². The lowest BCUT2D eigenvalue weighted by molar-refractivity contribution is -0.129. The van der Waals surface area contributed by atoms with E-state index in [9.17, 15) is 9.59 Å². The molecule has 1 rings (SSSR count). The van der Waals surface area contributed by atoms with Gasteiger partial charge in [-0.1, -0.05) is 0 Å². The van der Waals surface area contributed by atoms with Crippen molar-refractivity contribution in [3.8, 4) is 0 Å². The van der Waals surface area contributed by atoms with E-state index >= 15 is 0 Å². The topological polar surface area (TPSA) is 84.2 Å². The smallest absolute Gasteiger partial charge is 0.239 e. The minimum absolute atomic E-state index is 0.0226. The molecule has 80 valence electrons. The Kier molecular flexibility index (Phi) is 3.88. The Hall–Kier alpha value is -1.10. The summed E-state index contributed by atoms with van der Waals surface area (Å²) in [5, 5.41) is 5.74. The van der Waals surface area contributed by atoms with Crippen molar-refractivity contribution in [1.29, 1.82) is 0 Å². The predicted molar refractivity (Wildman–Crippen MR) is 52.4 cm³/mol. The second kappa shape index (κ2) is 4.95. The molecule has 0 aromatic carbocycles. The quantitative estimate of drug-likeness (QED) is 0.543. The fourth-order valence-electron chi connectivity index (χ4n) is 1.48. The van der Waals surface area contributed by atoms with Crippen molar-refractivity contribution in [2.45, 2.75) is 25.8 Å². The second-order valence-electron chi connectivity index (χ2n) is 3.68. The SMILES string of the molecule is CC(NC(=O)[C@@H]1CCCNC1)C(N)=O. The van der Waals surface area contributed by atoms with Gasteiger partial charge >= 0.3 is 0 Å². The summed E-state index contributed by atoms with van der Waals surface area (Å²) >= 11 is 0. The Morgan fingerprint density at radius 1 is 1.57 bits per heavy atom. The van der Waals surface area contributed by atoms with E-state index in [2.05, 4.69) is 10.6 Å². The summed E-state index contributed by atoms with van der Waals surface area (Å²) in [6, 6.07) is -0.579. The predicted octanol–water partition coefficient (Wildman–Crippen LogP) is -1.02. The number of carbonyl (C=O) groups is 2. The highest BCUT2D eigenvalue weighted by atomic mass is 16.2. The zero-order valence-electron chi connectivity index (χ0n) is 8.38. The van der Waals surface area contributed by atoms with Crippen molar-refractivity contribution < 1.29 is 9.59 Å². The van der Waals surface area contributed by atoms with Crippen LogP contribution in [0.3, 0.4) is 0 Å². The maximum atomic E-state index is 11.6. The van der Waals surface area contributed by atoms with Gasteiger partial charge in [0.15, 0.2) is 0 Å². The highest BCUT2D eigenvalue weighted by Crippen LogP contribution is 2.09. The van der Waals surface area contributed by atoms with Gasteiger partial charge < -0.3 is 16.4 Å². The molecule has 1 unspecified atom stereocenters. The molecule has 1 aliphatic heterocycles. The molecule has 1 fully saturated rings. The first-order valence-corrected chi connectivity index (χ1v) is 4.91. The number of nitrogens with one attached hydrogen (secondary N) is 2. The monoisotopic (exact) mass is 199 g/mol. The average Bonchev–Trinajstić information content (AvgIpc) is 2.19. The standard InChI is InChI=1S/C9H17N3O2/c1-6(8(10)13)12-9(14)7-3-2-4-11-5-7/h6-7,11H,2-5H2,1H3,(H2,10,13)(H,12,14)/t6?,7-/m1/s1. The summed E-state index contributed by atoms with van der Waals surface area (Å²) in [7, 11) is 0. The molecule has 0 aromatic rings. The van der Waals surface area contributed by atoms with Crippen molar-refractivity contribution in [3.05, 3.63) is 0 Å². The number of carbonyl (C=O) groups excluding carboxylic acids is 2. The van der Waals surface area contributed by atoms with Crippen LogP contribution >= 0.6 is 0 Å². The van der Waals surface area contributed by atoms with Crippen LogP contribution < -0.4 is 16.4 Å². The van der Waals surface area contributed by atoms with Crippen molar-refractivity contribution in [3.63, 3.8) is 0 Å². The van der Waals surface area contributed by atoms with E-state index in [4.69, 9.17) is 5.73 Å². The van der Waals surface area contributed by atoms with Crippen LogP contribution in [0.4, 0.5) is 0 Å². The van der Waals surface area contributed by atoms with Crippen LogP contribution in [-0.4, -0.2) is 30.9 Å². The average molecular weight is 199 g/mol. The molecule has 4 N–H and O–H groups in total. The lowest BCUT2D eigenvalue weighted by Crippen LogP contribution is -2.47. The zero-order chi connectivity index (χ0) is 10.6. The fourth-order valence-corrected chi connectivity index (χ4v) is 1.48. The van der Waals surface area contributed by atoms with Crippen molar-refractivity contribution in [2.24, 2.45) is 11.7 Å². The Morgan fingerprint density at radius 3 is 2.79 bits per heavy atom. The maximum Gasteiger partial charge on any atom is 0.239 e. The number of amides is 2. The summed E-state index contributed by atoms with van der Waals surface area (Å²) in [4.78, 5) is 22.3. The van der Waals surface area contributed by atoms with Gasteiger partial charge in [-0.2, -0.15) is 0 Å². The highest BCUT2D eigenvalue weighted by molar-refractivity contribution is 5.87. The molecule has 2 atom stereocenters. The van der Waals surface area contributed by atoms with E-state index in [-0.39, 0.29) is 11.8 Å². The molecular formula is C9H17N3O2. The second-order valence-corrected chi connectivity index (χ2v) is 3.68. The first-order valence-electron chi connectivity index (χ1n) is 4.91. The summed E-state index contributed by atoms with van der Waals surface area (Å²) < 4.78 is 0. The molecular weight excluding hydrogens is 182 g/mol. The number of piperidine rings is 1. The molecule has 5 heteroatoms. The molecule has 2 amide bonds. The van der Waals surface area contributed by atoms with Crippen molar-refractivity contribution in [2.75, 3.05) is 13.1 Å². The first kappa shape index (κ1) is 11.0. The van der Waals surface area contributed by atoms with Crippen LogP contribution in [0.5, 0.6) is 0 Å². The summed E-state index contributed by atoms with van der Waals surface area (Å²) in [5.41, 5.74) is 5.04. The number of hydrogen-bond acceptors (Lipinski definition) is 3. The Balaban J connectivity index is 2.36. The molecule has 1 heterocycles. The summed E-state index contributed by atoms with van der Waals surface area (Å²) in [6.07, 6.45) is 1.88. The third kappa shape index (κ3) is 2.99. The zero-order valence-corrected chi connectivity index (χ0v) is 8.38. The third-order valence-corrected chi connectivity index (χ3v) is 2.45. The van der Waals surface area contributed by atoms with E-state index in [1.54, 1.807) is 6.92 Å².